The zero-order valence-electron chi connectivity index (χ0n) is 11.7. The fraction of sp³-hybridized carbons (Fsp3) is 0.308. The second-order valence-corrected chi connectivity index (χ2v) is 6.84. The number of hydrogen-bond donors (Lipinski definition) is 1. The Morgan fingerprint density at radius 3 is 2.43 bits per heavy atom. The highest BCUT2D eigenvalue weighted by Crippen LogP contribution is 2.23. The van der Waals surface area contributed by atoms with Crippen molar-refractivity contribution < 1.29 is 13.2 Å². The van der Waals surface area contributed by atoms with E-state index in [1.807, 2.05) is 14.0 Å². The molecule has 0 bridgehead atoms. The smallest absolute Gasteiger partial charge is 0.238 e. The Labute approximate surface area is 132 Å². The van der Waals surface area contributed by atoms with Crippen molar-refractivity contribution in [3.8, 4) is 5.75 Å². The Morgan fingerprint density at radius 1 is 1.33 bits per heavy atom. The third-order valence-electron chi connectivity index (χ3n) is 3.03. The molecule has 21 heavy (non-hydrogen) atoms. The molecule has 0 aliphatic carbocycles. The van der Waals surface area contributed by atoms with Gasteiger partial charge in [-0.2, -0.15) is 5.10 Å². The third kappa shape index (κ3) is 3.63. The van der Waals surface area contributed by atoms with Crippen LogP contribution < -0.4 is 9.88 Å². The predicted molar refractivity (Wildman–Crippen MR) is 82.4 cm³/mol. The molecule has 2 N–H and O–H groups in total. The second-order valence-electron chi connectivity index (χ2n) is 4.49. The average molecular weight is 374 g/mol. The van der Waals surface area contributed by atoms with E-state index in [0.29, 0.717) is 12.4 Å². The normalized spacial score (nSPS) is 11.6. The van der Waals surface area contributed by atoms with E-state index in [2.05, 4.69) is 21.0 Å². The minimum Gasteiger partial charge on any atom is -0.487 e. The first-order chi connectivity index (χ1) is 9.82. The first-order valence-corrected chi connectivity index (χ1v) is 8.62. The van der Waals surface area contributed by atoms with Crippen LogP contribution in [0.3, 0.4) is 0 Å². The van der Waals surface area contributed by atoms with Gasteiger partial charge in [-0.15, -0.1) is 0 Å². The fourth-order valence-corrected chi connectivity index (χ4v) is 3.10. The zero-order valence-corrected chi connectivity index (χ0v) is 14.1. The Balaban J connectivity index is 2.12. The lowest BCUT2D eigenvalue weighted by Gasteiger charge is -2.07. The van der Waals surface area contributed by atoms with Gasteiger partial charge >= 0.3 is 0 Å². The van der Waals surface area contributed by atoms with Crippen molar-refractivity contribution in [1.82, 2.24) is 9.78 Å². The number of primary sulfonamides is 1. The summed E-state index contributed by atoms with van der Waals surface area (Å²) in [6.07, 6.45) is 0.831. The van der Waals surface area contributed by atoms with Crippen molar-refractivity contribution in [1.29, 1.82) is 0 Å². The molecular weight excluding hydrogens is 358 g/mol. The van der Waals surface area contributed by atoms with Crippen LogP contribution in [0.5, 0.6) is 5.75 Å². The molecule has 0 aliphatic rings. The van der Waals surface area contributed by atoms with E-state index in [1.54, 1.807) is 16.8 Å². The number of halogens is 1. The average Bonchev–Trinajstić information content (AvgIpc) is 2.70. The molecule has 0 fully saturated rings. The maximum atomic E-state index is 11.2. The first kappa shape index (κ1) is 16.0. The monoisotopic (exact) mass is 373 g/mol. The Kier molecular flexibility index (Phi) is 4.70. The molecule has 0 aliphatic heterocycles. The van der Waals surface area contributed by atoms with Crippen LogP contribution in [0.4, 0.5) is 0 Å². The molecule has 0 saturated heterocycles. The lowest BCUT2D eigenvalue weighted by molar-refractivity contribution is 0.294. The molecule has 2 rings (SSSR count). The number of ether oxygens (including phenoxy) is 1. The van der Waals surface area contributed by atoms with E-state index in [4.69, 9.17) is 9.88 Å². The van der Waals surface area contributed by atoms with Crippen molar-refractivity contribution in [2.24, 2.45) is 12.2 Å². The van der Waals surface area contributed by atoms with Gasteiger partial charge in [0.15, 0.2) is 0 Å². The first-order valence-electron chi connectivity index (χ1n) is 6.28. The van der Waals surface area contributed by atoms with Crippen molar-refractivity contribution in [2.75, 3.05) is 0 Å². The Hall–Kier alpha value is -1.38. The summed E-state index contributed by atoms with van der Waals surface area (Å²) in [5.74, 6) is 0.563. The second kappa shape index (κ2) is 6.17. The fourth-order valence-electron chi connectivity index (χ4n) is 1.85. The molecule has 1 aromatic heterocycles. The molecule has 2 aromatic rings. The summed E-state index contributed by atoms with van der Waals surface area (Å²) in [4.78, 5) is 0.0600. The van der Waals surface area contributed by atoms with Crippen molar-refractivity contribution >= 4 is 26.0 Å². The summed E-state index contributed by atoms with van der Waals surface area (Å²) < 4.78 is 30.7. The van der Waals surface area contributed by atoms with Gasteiger partial charge in [-0.05, 0) is 46.6 Å². The standard InChI is InChI=1S/C13H16BrN3O3S/c1-3-11-13(14)12(17(2)16-11)8-20-9-4-6-10(7-5-9)21(15,18)19/h4-7H,3,8H2,1-2H3,(H2,15,18,19). The summed E-state index contributed by atoms with van der Waals surface area (Å²) >= 11 is 3.51. The van der Waals surface area contributed by atoms with Gasteiger partial charge in [0.05, 0.1) is 20.8 Å². The molecule has 0 atom stereocenters. The van der Waals surface area contributed by atoms with Crippen molar-refractivity contribution in [3.63, 3.8) is 0 Å². The molecule has 8 heteroatoms. The van der Waals surface area contributed by atoms with Crippen LogP contribution in [0.15, 0.2) is 33.6 Å². The highest BCUT2D eigenvalue weighted by atomic mass is 79.9. The van der Waals surface area contributed by atoms with Crippen LogP contribution in [0.1, 0.15) is 18.3 Å². The number of aryl methyl sites for hydroxylation is 2. The molecule has 0 unspecified atom stereocenters. The van der Waals surface area contributed by atoms with E-state index in [9.17, 15) is 8.42 Å². The quantitative estimate of drug-likeness (QED) is 0.867. The summed E-state index contributed by atoms with van der Waals surface area (Å²) in [7, 11) is -1.82. The minimum absolute atomic E-state index is 0.0600. The van der Waals surface area contributed by atoms with Gasteiger partial charge in [0.25, 0.3) is 0 Å². The number of aromatic nitrogens is 2. The van der Waals surface area contributed by atoms with Crippen LogP contribution in [-0.2, 0) is 30.1 Å². The van der Waals surface area contributed by atoms with Crippen LogP contribution >= 0.6 is 15.9 Å². The zero-order chi connectivity index (χ0) is 15.6. The molecule has 1 heterocycles. The van der Waals surface area contributed by atoms with Crippen LogP contribution in [-0.4, -0.2) is 18.2 Å². The molecule has 1 aromatic carbocycles. The van der Waals surface area contributed by atoms with Crippen molar-refractivity contribution in [2.45, 2.75) is 24.8 Å². The molecule has 0 spiro atoms. The van der Waals surface area contributed by atoms with Crippen molar-refractivity contribution in [3.05, 3.63) is 40.1 Å². The van der Waals surface area contributed by atoms with Gasteiger partial charge in [-0.25, -0.2) is 13.6 Å². The third-order valence-corrected chi connectivity index (χ3v) is 4.88. The van der Waals surface area contributed by atoms with Gasteiger partial charge < -0.3 is 4.74 Å². The molecule has 6 nitrogen and oxygen atoms in total. The molecule has 0 radical (unpaired) electrons. The Morgan fingerprint density at radius 2 is 1.95 bits per heavy atom. The van der Waals surface area contributed by atoms with Gasteiger partial charge in [0.2, 0.25) is 10.0 Å². The van der Waals surface area contributed by atoms with E-state index in [1.165, 1.54) is 12.1 Å². The van der Waals surface area contributed by atoms with E-state index in [0.717, 1.165) is 22.3 Å². The summed E-state index contributed by atoms with van der Waals surface area (Å²) in [6.45, 7) is 2.36. The molecular formula is C13H16BrN3O3S. The number of nitrogens with two attached hydrogens (primary N) is 1. The topological polar surface area (TPSA) is 87.2 Å². The lowest BCUT2D eigenvalue weighted by atomic mass is 10.3. The Bertz CT molecular complexity index is 739. The number of rotatable bonds is 5. The summed E-state index contributed by atoms with van der Waals surface area (Å²) in [6, 6.07) is 5.98. The van der Waals surface area contributed by atoms with Gasteiger partial charge in [-0.1, -0.05) is 6.92 Å². The minimum atomic E-state index is -3.68. The van der Waals surface area contributed by atoms with Crippen LogP contribution in [0.25, 0.3) is 0 Å². The van der Waals surface area contributed by atoms with Gasteiger partial charge in [-0.3, -0.25) is 4.68 Å². The SMILES string of the molecule is CCc1nn(C)c(COc2ccc(S(N)(=O)=O)cc2)c1Br. The lowest BCUT2D eigenvalue weighted by Crippen LogP contribution is -2.11. The summed E-state index contributed by atoms with van der Waals surface area (Å²) in [5, 5.41) is 9.42. The van der Waals surface area contributed by atoms with E-state index >= 15 is 0 Å². The number of nitrogens with zero attached hydrogens (tertiary/aromatic N) is 2. The number of sulfonamides is 1. The molecule has 114 valence electrons. The largest absolute Gasteiger partial charge is 0.487 e. The predicted octanol–water partition coefficient (Wildman–Crippen LogP) is 1.97. The van der Waals surface area contributed by atoms with E-state index < -0.39 is 10.0 Å². The maximum absolute atomic E-state index is 11.2. The molecule has 0 saturated carbocycles. The summed E-state index contributed by atoms with van der Waals surface area (Å²) in [5.41, 5.74) is 1.89. The van der Waals surface area contributed by atoms with E-state index in [-0.39, 0.29) is 4.90 Å². The van der Waals surface area contributed by atoms with Gasteiger partial charge in [0.1, 0.15) is 12.4 Å². The van der Waals surface area contributed by atoms with Gasteiger partial charge in [0, 0.05) is 7.05 Å². The van der Waals surface area contributed by atoms with Crippen LogP contribution in [0, 0.1) is 0 Å². The highest BCUT2D eigenvalue weighted by Gasteiger charge is 2.13. The number of hydrogen-bond acceptors (Lipinski definition) is 4. The van der Waals surface area contributed by atoms with Crippen LogP contribution in [0.2, 0.25) is 0 Å². The number of benzene rings is 1. The maximum Gasteiger partial charge on any atom is 0.238 e. The highest BCUT2D eigenvalue weighted by molar-refractivity contribution is 9.10. The molecule has 0 amide bonds.